The van der Waals surface area contributed by atoms with E-state index < -0.39 is 0 Å². The number of carbonyl (C=O) groups excluding carboxylic acids is 1. The Hall–Kier alpha value is -1.59. The van der Waals surface area contributed by atoms with Crippen LogP contribution in [-0.4, -0.2) is 63.3 Å². The summed E-state index contributed by atoms with van der Waals surface area (Å²) in [6, 6.07) is 6.55. The van der Waals surface area contributed by atoms with Crippen molar-refractivity contribution in [2.75, 3.05) is 57.4 Å². The highest BCUT2D eigenvalue weighted by atomic mass is 16.5. The molecule has 2 aliphatic rings. The predicted octanol–water partition coefficient (Wildman–Crippen LogP) is 1.97. The summed E-state index contributed by atoms with van der Waals surface area (Å²) >= 11 is 0. The van der Waals surface area contributed by atoms with E-state index in [1.165, 1.54) is 16.8 Å². The maximum absolute atomic E-state index is 12.2. The van der Waals surface area contributed by atoms with Crippen molar-refractivity contribution in [2.24, 2.45) is 5.92 Å². The normalized spacial score (nSPS) is 19.8. The van der Waals surface area contributed by atoms with Gasteiger partial charge in [-0.25, -0.2) is 0 Å². The van der Waals surface area contributed by atoms with E-state index in [2.05, 4.69) is 47.2 Å². The van der Waals surface area contributed by atoms with Crippen LogP contribution in [0, 0.1) is 19.8 Å². The van der Waals surface area contributed by atoms with Gasteiger partial charge in [0.1, 0.15) is 0 Å². The molecule has 2 aliphatic heterocycles. The molecule has 0 saturated carbocycles. The second-order valence-corrected chi connectivity index (χ2v) is 7.23. The maximum atomic E-state index is 12.2. The molecule has 1 aromatic rings. The molecule has 0 unspecified atom stereocenters. The zero-order valence-electron chi connectivity index (χ0n) is 15.6. The molecule has 2 fully saturated rings. The molecule has 3 rings (SSSR count). The number of piperazine rings is 1. The molecule has 0 radical (unpaired) electrons. The molecule has 0 atom stereocenters. The Labute approximate surface area is 151 Å². The number of rotatable bonds is 5. The van der Waals surface area contributed by atoms with Crippen molar-refractivity contribution in [1.82, 2.24) is 10.2 Å². The van der Waals surface area contributed by atoms with Crippen LogP contribution in [0.3, 0.4) is 0 Å². The molecule has 138 valence electrons. The molecule has 1 aromatic carbocycles. The van der Waals surface area contributed by atoms with E-state index in [0.29, 0.717) is 0 Å². The van der Waals surface area contributed by atoms with Crippen LogP contribution in [0.15, 0.2) is 18.2 Å². The molecule has 0 spiro atoms. The standard InChI is InChI=1S/C20H31N3O2/c1-16-4-3-5-19(17(16)2)23-12-10-22(11-13-23)9-8-21-20(24)18-6-14-25-15-7-18/h3-5,18H,6-15H2,1-2H3,(H,21,24). The molecule has 2 saturated heterocycles. The molecule has 0 aromatic heterocycles. The smallest absolute Gasteiger partial charge is 0.223 e. The Kier molecular flexibility index (Phi) is 6.32. The van der Waals surface area contributed by atoms with Gasteiger partial charge in [-0.15, -0.1) is 0 Å². The van der Waals surface area contributed by atoms with Gasteiger partial charge in [-0.3, -0.25) is 9.69 Å². The van der Waals surface area contributed by atoms with Crippen LogP contribution in [-0.2, 0) is 9.53 Å². The van der Waals surface area contributed by atoms with Crippen molar-refractivity contribution < 1.29 is 9.53 Å². The number of amides is 1. The quantitative estimate of drug-likeness (QED) is 0.886. The van der Waals surface area contributed by atoms with Gasteiger partial charge < -0.3 is 15.0 Å². The minimum absolute atomic E-state index is 0.148. The SMILES string of the molecule is Cc1cccc(N2CCN(CCNC(=O)C3CCOCC3)CC2)c1C. The van der Waals surface area contributed by atoms with Gasteiger partial charge in [0.05, 0.1) is 0 Å². The van der Waals surface area contributed by atoms with E-state index in [1.807, 2.05) is 0 Å². The van der Waals surface area contributed by atoms with Gasteiger partial charge in [0.25, 0.3) is 0 Å². The molecule has 25 heavy (non-hydrogen) atoms. The molecule has 1 amide bonds. The maximum Gasteiger partial charge on any atom is 0.223 e. The van der Waals surface area contributed by atoms with Gasteiger partial charge in [0.15, 0.2) is 0 Å². The highest BCUT2D eigenvalue weighted by Crippen LogP contribution is 2.23. The van der Waals surface area contributed by atoms with Crippen LogP contribution < -0.4 is 10.2 Å². The first-order chi connectivity index (χ1) is 12.1. The van der Waals surface area contributed by atoms with Crippen molar-refractivity contribution in [1.29, 1.82) is 0 Å². The monoisotopic (exact) mass is 345 g/mol. The molecule has 2 heterocycles. The largest absolute Gasteiger partial charge is 0.381 e. The Morgan fingerprint density at radius 1 is 1.16 bits per heavy atom. The first kappa shape index (κ1) is 18.2. The number of benzene rings is 1. The summed E-state index contributed by atoms with van der Waals surface area (Å²) in [6.45, 7) is 11.7. The van der Waals surface area contributed by atoms with Crippen molar-refractivity contribution >= 4 is 11.6 Å². The molecule has 5 heteroatoms. The second kappa shape index (κ2) is 8.68. The summed E-state index contributed by atoms with van der Waals surface area (Å²) in [5, 5.41) is 3.11. The van der Waals surface area contributed by atoms with Gasteiger partial charge in [0, 0.05) is 64.1 Å². The van der Waals surface area contributed by atoms with E-state index in [-0.39, 0.29) is 11.8 Å². The van der Waals surface area contributed by atoms with Crippen LogP contribution in [0.2, 0.25) is 0 Å². The third kappa shape index (κ3) is 4.73. The lowest BCUT2D eigenvalue weighted by Gasteiger charge is -2.37. The first-order valence-electron chi connectivity index (χ1n) is 9.54. The number of aryl methyl sites for hydroxylation is 1. The first-order valence-corrected chi connectivity index (χ1v) is 9.54. The van der Waals surface area contributed by atoms with E-state index in [4.69, 9.17) is 4.74 Å². The fraction of sp³-hybridized carbons (Fsp3) is 0.650. The zero-order valence-corrected chi connectivity index (χ0v) is 15.6. The lowest BCUT2D eigenvalue weighted by Crippen LogP contribution is -2.49. The average molecular weight is 345 g/mol. The molecule has 0 aliphatic carbocycles. The summed E-state index contributed by atoms with van der Waals surface area (Å²) in [4.78, 5) is 17.1. The Balaban J connectivity index is 1.39. The van der Waals surface area contributed by atoms with Gasteiger partial charge in [-0.1, -0.05) is 12.1 Å². The molecular formula is C20H31N3O2. The highest BCUT2D eigenvalue weighted by molar-refractivity contribution is 5.78. The van der Waals surface area contributed by atoms with E-state index in [0.717, 1.165) is 65.3 Å². The van der Waals surface area contributed by atoms with Crippen LogP contribution in [0.5, 0.6) is 0 Å². The van der Waals surface area contributed by atoms with Gasteiger partial charge in [-0.2, -0.15) is 0 Å². The van der Waals surface area contributed by atoms with Crippen LogP contribution in [0.1, 0.15) is 24.0 Å². The van der Waals surface area contributed by atoms with E-state index in [1.54, 1.807) is 0 Å². The summed E-state index contributed by atoms with van der Waals surface area (Å²) in [7, 11) is 0. The van der Waals surface area contributed by atoms with Crippen molar-refractivity contribution in [2.45, 2.75) is 26.7 Å². The molecule has 1 N–H and O–H groups in total. The third-order valence-corrected chi connectivity index (χ3v) is 5.61. The predicted molar refractivity (Wildman–Crippen MR) is 101 cm³/mol. The molecular weight excluding hydrogens is 314 g/mol. The van der Waals surface area contributed by atoms with Crippen LogP contribution in [0.4, 0.5) is 5.69 Å². The van der Waals surface area contributed by atoms with Crippen molar-refractivity contribution in [3.05, 3.63) is 29.3 Å². The van der Waals surface area contributed by atoms with Gasteiger partial charge in [0.2, 0.25) is 5.91 Å². The van der Waals surface area contributed by atoms with Gasteiger partial charge in [-0.05, 0) is 43.9 Å². The zero-order chi connectivity index (χ0) is 17.6. The highest BCUT2D eigenvalue weighted by Gasteiger charge is 2.22. The number of hydrogen-bond acceptors (Lipinski definition) is 4. The Bertz CT molecular complexity index is 576. The number of hydrogen-bond donors (Lipinski definition) is 1. The number of nitrogens with one attached hydrogen (secondary N) is 1. The third-order valence-electron chi connectivity index (χ3n) is 5.61. The van der Waals surface area contributed by atoms with Crippen LogP contribution >= 0.6 is 0 Å². The fourth-order valence-corrected chi connectivity index (χ4v) is 3.73. The van der Waals surface area contributed by atoms with Crippen molar-refractivity contribution in [3.8, 4) is 0 Å². The Morgan fingerprint density at radius 2 is 1.88 bits per heavy atom. The number of ether oxygens (including phenoxy) is 1. The molecule has 5 nitrogen and oxygen atoms in total. The molecule has 0 bridgehead atoms. The minimum Gasteiger partial charge on any atom is -0.381 e. The summed E-state index contributed by atoms with van der Waals surface area (Å²) in [5.41, 5.74) is 4.11. The second-order valence-electron chi connectivity index (χ2n) is 7.23. The summed E-state index contributed by atoms with van der Waals surface area (Å²) in [6.07, 6.45) is 1.72. The number of nitrogens with zero attached hydrogens (tertiary/aromatic N) is 2. The average Bonchev–Trinajstić information content (AvgIpc) is 2.65. The lowest BCUT2D eigenvalue weighted by atomic mass is 9.99. The topological polar surface area (TPSA) is 44.8 Å². The van der Waals surface area contributed by atoms with Crippen LogP contribution in [0.25, 0.3) is 0 Å². The number of anilines is 1. The van der Waals surface area contributed by atoms with Gasteiger partial charge >= 0.3 is 0 Å². The Morgan fingerprint density at radius 3 is 2.60 bits per heavy atom. The van der Waals surface area contributed by atoms with E-state index >= 15 is 0 Å². The fourth-order valence-electron chi connectivity index (χ4n) is 3.73. The minimum atomic E-state index is 0.148. The van der Waals surface area contributed by atoms with Crippen molar-refractivity contribution in [3.63, 3.8) is 0 Å². The lowest BCUT2D eigenvalue weighted by molar-refractivity contribution is -0.127. The van der Waals surface area contributed by atoms with E-state index in [9.17, 15) is 4.79 Å². The summed E-state index contributed by atoms with van der Waals surface area (Å²) < 4.78 is 5.32. The number of carbonyl (C=O) groups is 1. The summed E-state index contributed by atoms with van der Waals surface area (Å²) in [5.74, 6) is 0.354.